The molecule has 6 nitrogen and oxygen atoms in total. The molecule has 0 aromatic carbocycles. The quantitative estimate of drug-likeness (QED) is 0.199. The van der Waals surface area contributed by atoms with Crippen molar-refractivity contribution in [3.05, 3.63) is 0 Å². The summed E-state index contributed by atoms with van der Waals surface area (Å²) in [5, 5.41) is 8.38. The maximum absolute atomic E-state index is 10.2. The van der Waals surface area contributed by atoms with E-state index in [0.717, 1.165) is 0 Å². The number of aliphatic imine (C=N–C) groups is 1. The second kappa shape index (κ2) is 7.85. The van der Waals surface area contributed by atoms with Gasteiger partial charge in [0.25, 0.3) is 0 Å². The maximum atomic E-state index is 10.2. The summed E-state index contributed by atoms with van der Waals surface area (Å²) in [6.07, 6.45) is 0.956. The third kappa shape index (κ3) is 9.13. The molecule has 0 heterocycles. The van der Waals surface area contributed by atoms with Gasteiger partial charge in [-0.15, -0.1) is 0 Å². The molecule has 80 valence electrons. The van der Waals surface area contributed by atoms with Gasteiger partial charge in [0, 0.05) is 6.54 Å². The monoisotopic (exact) mass is 237 g/mol. The smallest absolute Gasteiger partial charge is 0.480 e. The van der Waals surface area contributed by atoms with Crippen LogP contribution in [-0.2, 0) is 21.9 Å². The predicted octanol–water partition coefficient (Wildman–Crippen LogP) is -1.55. The second-order valence-electron chi connectivity index (χ2n) is 2.39. The van der Waals surface area contributed by atoms with Gasteiger partial charge in [0.05, 0.1) is 0 Å². The molecule has 0 bridgehead atoms. The Labute approximate surface area is 87.0 Å². The van der Waals surface area contributed by atoms with Gasteiger partial charge < -0.3 is 22.3 Å². The fourth-order valence-electron chi connectivity index (χ4n) is 0.643. The number of nitrogens with two attached hydrogens (primary N) is 3. The molecule has 0 spiro atoms. The number of carboxylic acids is 1. The minimum atomic E-state index is -1.00. The van der Waals surface area contributed by atoms with Crippen molar-refractivity contribution in [3.63, 3.8) is 0 Å². The maximum Gasteiger partial charge on any atom is 1.00 e. The number of nitrogens with zero attached hydrogens (tertiary/aromatic N) is 1. The Morgan fingerprint density at radius 1 is 1.46 bits per heavy atom. The molecule has 7 N–H and O–H groups in total. The van der Waals surface area contributed by atoms with E-state index in [9.17, 15) is 4.79 Å². The first-order chi connectivity index (χ1) is 5.54. The predicted molar refractivity (Wildman–Crippen MR) is 45.5 cm³/mol. The number of hydrogen-bond acceptors (Lipinski definition) is 3. The zero-order chi connectivity index (χ0) is 9.56. The average molecular weight is 238 g/mol. The van der Waals surface area contributed by atoms with Crippen molar-refractivity contribution in [2.75, 3.05) is 6.54 Å². The van der Waals surface area contributed by atoms with Gasteiger partial charge in [-0.2, -0.15) is 0 Å². The van der Waals surface area contributed by atoms with E-state index in [0.29, 0.717) is 19.4 Å². The summed E-state index contributed by atoms with van der Waals surface area (Å²) in [7, 11) is 0. The Morgan fingerprint density at radius 2 is 2.00 bits per heavy atom. The van der Waals surface area contributed by atoms with Crippen LogP contribution in [0.2, 0.25) is 0 Å². The van der Waals surface area contributed by atoms with Gasteiger partial charge in [0.15, 0.2) is 5.96 Å². The van der Waals surface area contributed by atoms with Crippen LogP contribution in [-0.4, -0.2) is 29.6 Å². The molecular formula is C6H14CuN4O2+. The van der Waals surface area contributed by atoms with E-state index in [-0.39, 0.29) is 23.0 Å². The Morgan fingerprint density at radius 3 is 2.38 bits per heavy atom. The summed E-state index contributed by atoms with van der Waals surface area (Å²) < 4.78 is 0. The molecule has 0 aliphatic carbocycles. The minimum absolute atomic E-state index is 0. The Bertz CT molecular complexity index is 181. The van der Waals surface area contributed by atoms with E-state index in [1.807, 2.05) is 0 Å². The second-order valence-corrected chi connectivity index (χ2v) is 2.39. The van der Waals surface area contributed by atoms with E-state index < -0.39 is 12.0 Å². The summed E-state index contributed by atoms with van der Waals surface area (Å²) in [5.41, 5.74) is 15.3. The Balaban J connectivity index is 0. The Hall–Kier alpha value is -0.781. The van der Waals surface area contributed by atoms with Gasteiger partial charge >= 0.3 is 23.0 Å². The number of aliphatic carboxylic acids is 1. The summed E-state index contributed by atoms with van der Waals surface area (Å²) in [6.45, 7) is 0.420. The molecule has 0 saturated heterocycles. The molecule has 0 aromatic heterocycles. The van der Waals surface area contributed by atoms with Crippen molar-refractivity contribution in [3.8, 4) is 0 Å². The molecule has 0 radical (unpaired) electrons. The number of carboxylic acid groups (broad SMARTS) is 1. The normalized spacial score (nSPS) is 11.2. The largest absolute Gasteiger partial charge is 1.00 e. The standard InChI is InChI=1S/C6H14N4O2.Cu/c7-4(5(11)12)2-1-3-10-6(8)9;/h4H,1-3,7H2,(H,11,12)(H4,8,9,10);/q;+1. The fourth-order valence-corrected chi connectivity index (χ4v) is 0.643. The van der Waals surface area contributed by atoms with Crippen LogP contribution < -0.4 is 17.2 Å². The fraction of sp³-hybridized carbons (Fsp3) is 0.667. The van der Waals surface area contributed by atoms with Gasteiger partial charge in [0.2, 0.25) is 0 Å². The van der Waals surface area contributed by atoms with E-state index in [1.165, 1.54) is 0 Å². The SMILES string of the molecule is NC(N)=NCCCC(N)C(=O)O.[Cu+]. The van der Waals surface area contributed by atoms with Crippen LogP contribution >= 0.6 is 0 Å². The van der Waals surface area contributed by atoms with Gasteiger partial charge in [-0.3, -0.25) is 9.79 Å². The van der Waals surface area contributed by atoms with Crippen molar-refractivity contribution in [2.24, 2.45) is 22.2 Å². The van der Waals surface area contributed by atoms with Crippen molar-refractivity contribution in [1.82, 2.24) is 0 Å². The van der Waals surface area contributed by atoms with E-state index >= 15 is 0 Å². The third-order valence-electron chi connectivity index (χ3n) is 1.28. The zero-order valence-corrected chi connectivity index (χ0v) is 7.98. The summed E-state index contributed by atoms with van der Waals surface area (Å²) in [5.74, 6) is -0.987. The van der Waals surface area contributed by atoms with Crippen LogP contribution in [0.1, 0.15) is 12.8 Å². The molecule has 1 atom stereocenters. The summed E-state index contributed by atoms with van der Waals surface area (Å²) >= 11 is 0. The van der Waals surface area contributed by atoms with Crippen molar-refractivity contribution in [1.29, 1.82) is 0 Å². The number of guanidine groups is 1. The van der Waals surface area contributed by atoms with E-state index in [4.69, 9.17) is 22.3 Å². The molecular weight excluding hydrogens is 224 g/mol. The molecule has 0 aliphatic rings. The molecule has 1 unspecified atom stereocenters. The van der Waals surface area contributed by atoms with Crippen molar-refractivity contribution >= 4 is 11.9 Å². The number of rotatable bonds is 5. The summed E-state index contributed by atoms with van der Waals surface area (Å²) in [6, 6.07) is -0.820. The van der Waals surface area contributed by atoms with Gasteiger partial charge in [-0.1, -0.05) is 0 Å². The van der Waals surface area contributed by atoms with Crippen LogP contribution in [0.25, 0.3) is 0 Å². The van der Waals surface area contributed by atoms with Crippen molar-refractivity contribution < 1.29 is 27.0 Å². The van der Waals surface area contributed by atoms with Gasteiger partial charge in [0.1, 0.15) is 6.04 Å². The van der Waals surface area contributed by atoms with Crippen LogP contribution in [0.5, 0.6) is 0 Å². The van der Waals surface area contributed by atoms with Crippen molar-refractivity contribution in [2.45, 2.75) is 18.9 Å². The molecule has 0 aromatic rings. The van der Waals surface area contributed by atoms with Crippen LogP contribution in [0.3, 0.4) is 0 Å². The molecule has 0 rings (SSSR count). The molecule has 0 saturated carbocycles. The summed E-state index contributed by atoms with van der Waals surface area (Å²) in [4.78, 5) is 13.9. The molecule has 0 amide bonds. The topological polar surface area (TPSA) is 128 Å². The molecule has 0 fully saturated rings. The third-order valence-corrected chi connectivity index (χ3v) is 1.28. The van der Waals surface area contributed by atoms with E-state index in [1.54, 1.807) is 0 Å². The number of hydrogen-bond donors (Lipinski definition) is 4. The zero-order valence-electron chi connectivity index (χ0n) is 7.03. The van der Waals surface area contributed by atoms with E-state index in [2.05, 4.69) is 4.99 Å². The molecule has 0 aliphatic heterocycles. The van der Waals surface area contributed by atoms with Crippen LogP contribution in [0, 0.1) is 0 Å². The molecule has 7 heteroatoms. The number of carbonyl (C=O) groups is 1. The first-order valence-corrected chi connectivity index (χ1v) is 3.58. The average Bonchev–Trinajstić information content (AvgIpc) is 1.97. The van der Waals surface area contributed by atoms with Gasteiger partial charge in [-0.25, -0.2) is 0 Å². The first-order valence-electron chi connectivity index (χ1n) is 3.58. The van der Waals surface area contributed by atoms with Gasteiger partial charge in [-0.05, 0) is 12.8 Å². The Kier molecular flexibility index (Phi) is 8.89. The molecule has 13 heavy (non-hydrogen) atoms. The van der Waals surface area contributed by atoms with Crippen LogP contribution in [0.15, 0.2) is 4.99 Å². The van der Waals surface area contributed by atoms with Crippen LogP contribution in [0.4, 0.5) is 0 Å². The first kappa shape index (κ1) is 14.7. The minimum Gasteiger partial charge on any atom is -0.480 e.